The van der Waals surface area contributed by atoms with E-state index in [-0.39, 0.29) is 24.7 Å². The largest absolute Gasteiger partial charge is 0.326 e. The lowest BCUT2D eigenvalue weighted by molar-refractivity contribution is -0.120. The van der Waals surface area contributed by atoms with E-state index in [0.717, 1.165) is 16.8 Å². The van der Waals surface area contributed by atoms with E-state index in [0.29, 0.717) is 10.7 Å². The minimum atomic E-state index is -0.249. The number of amides is 2. The molecule has 5 nitrogen and oxygen atoms in total. The topological polar surface area (TPSA) is 70.6 Å². The third kappa shape index (κ3) is 6.33. The molecule has 6 heteroatoms. The second-order valence-electron chi connectivity index (χ2n) is 6.21. The first kappa shape index (κ1) is 19.7. The van der Waals surface area contributed by atoms with Crippen molar-refractivity contribution in [3.63, 3.8) is 0 Å². The Morgan fingerprint density at radius 1 is 1.00 bits per heavy atom. The number of rotatable bonds is 6. The molecule has 0 spiro atoms. The number of benzene rings is 2. The molecule has 0 fully saturated rings. The second-order valence-corrected chi connectivity index (χ2v) is 6.65. The lowest BCUT2D eigenvalue weighted by Crippen LogP contribution is -2.22. The van der Waals surface area contributed by atoms with Gasteiger partial charge in [-0.05, 0) is 61.7 Å². The Hall–Kier alpha value is -2.66. The summed E-state index contributed by atoms with van der Waals surface area (Å²) >= 11 is 5.81. The summed E-state index contributed by atoms with van der Waals surface area (Å²) in [6.45, 7) is 5.71. The normalized spacial score (nSPS) is 11.2. The second kappa shape index (κ2) is 9.15. The Morgan fingerprint density at radius 3 is 2.35 bits per heavy atom. The van der Waals surface area contributed by atoms with Gasteiger partial charge >= 0.3 is 0 Å². The van der Waals surface area contributed by atoms with Crippen molar-refractivity contribution < 1.29 is 9.59 Å². The number of anilines is 1. The van der Waals surface area contributed by atoms with Crippen LogP contribution in [-0.4, -0.2) is 17.5 Å². The van der Waals surface area contributed by atoms with Crippen molar-refractivity contribution in [2.24, 2.45) is 5.10 Å². The monoisotopic (exact) mass is 371 g/mol. The Bertz CT molecular complexity index is 829. The lowest BCUT2D eigenvalue weighted by atomic mass is 10.1. The molecule has 0 aliphatic rings. The van der Waals surface area contributed by atoms with Crippen molar-refractivity contribution in [1.82, 2.24) is 5.43 Å². The molecule has 0 aromatic heterocycles. The summed E-state index contributed by atoms with van der Waals surface area (Å²) in [5.41, 5.74) is 6.86. The van der Waals surface area contributed by atoms with Crippen LogP contribution in [0.5, 0.6) is 0 Å². The number of carbonyl (C=O) groups excluding carboxylic acids is 2. The molecule has 0 heterocycles. The summed E-state index contributed by atoms with van der Waals surface area (Å²) in [6.07, 6.45) is 0.303. The fourth-order valence-electron chi connectivity index (χ4n) is 2.28. The fraction of sp³-hybridized carbons (Fsp3) is 0.250. The zero-order chi connectivity index (χ0) is 19.1. The van der Waals surface area contributed by atoms with E-state index in [1.54, 1.807) is 31.2 Å². The van der Waals surface area contributed by atoms with E-state index >= 15 is 0 Å². The van der Waals surface area contributed by atoms with E-state index < -0.39 is 0 Å². The SMILES string of the molecule is CC(CC(=O)Nc1ccc(C)c(C)c1)=NNC(=O)Cc1ccc(Cl)cc1. The average Bonchev–Trinajstić information content (AvgIpc) is 2.58. The van der Waals surface area contributed by atoms with Gasteiger partial charge in [0.05, 0.1) is 12.8 Å². The van der Waals surface area contributed by atoms with Gasteiger partial charge in [-0.2, -0.15) is 5.10 Å². The fourth-order valence-corrected chi connectivity index (χ4v) is 2.41. The van der Waals surface area contributed by atoms with E-state index in [2.05, 4.69) is 15.8 Å². The molecule has 0 unspecified atom stereocenters. The van der Waals surface area contributed by atoms with Gasteiger partial charge in [-0.25, -0.2) is 5.43 Å². The molecule has 2 aromatic carbocycles. The highest BCUT2D eigenvalue weighted by atomic mass is 35.5. The molecule has 2 aromatic rings. The molecule has 2 amide bonds. The first-order valence-corrected chi connectivity index (χ1v) is 8.65. The van der Waals surface area contributed by atoms with Gasteiger partial charge in [0.2, 0.25) is 11.8 Å². The van der Waals surface area contributed by atoms with Crippen molar-refractivity contribution >= 4 is 34.8 Å². The first-order valence-electron chi connectivity index (χ1n) is 8.27. The van der Waals surface area contributed by atoms with Crippen LogP contribution in [-0.2, 0) is 16.0 Å². The third-order valence-electron chi connectivity index (χ3n) is 3.86. The van der Waals surface area contributed by atoms with Crippen LogP contribution in [0.2, 0.25) is 5.02 Å². The van der Waals surface area contributed by atoms with Crippen LogP contribution in [0.3, 0.4) is 0 Å². The summed E-state index contributed by atoms with van der Waals surface area (Å²) < 4.78 is 0. The predicted molar refractivity (Wildman–Crippen MR) is 106 cm³/mol. The molecular formula is C20H22ClN3O2. The van der Waals surface area contributed by atoms with E-state index in [1.165, 1.54) is 5.56 Å². The van der Waals surface area contributed by atoms with Crippen molar-refractivity contribution in [3.8, 4) is 0 Å². The van der Waals surface area contributed by atoms with Gasteiger partial charge in [-0.3, -0.25) is 9.59 Å². The van der Waals surface area contributed by atoms with E-state index in [1.807, 2.05) is 32.0 Å². The number of aryl methyl sites for hydroxylation is 2. The summed E-state index contributed by atoms with van der Waals surface area (Å²) in [5.74, 6) is -0.428. The minimum Gasteiger partial charge on any atom is -0.326 e. The third-order valence-corrected chi connectivity index (χ3v) is 4.11. The van der Waals surface area contributed by atoms with Crippen LogP contribution in [0.15, 0.2) is 47.6 Å². The van der Waals surface area contributed by atoms with Gasteiger partial charge in [0.15, 0.2) is 0 Å². The highest BCUT2D eigenvalue weighted by molar-refractivity contribution is 6.30. The maximum Gasteiger partial charge on any atom is 0.244 e. The molecule has 0 radical (unpaired) electrons. The minimum absolute atomic E-state index is 0.105. The van der Waals surface area contributed by atoms with Gasteiger partial charge < -0.3 is 5.32 Å². The molecule has 136 valence electrons. The van der Waals surface area contributed by atoms with Crippen LogP contribution in [0.25, 0.3) is 0 Å². The Balaban J connectivity index is 1.82. The van der Waals surface area contributed by atoms with Crippen molar-refractivity contribution in [1.29, 1.82) is 0 Å². The molecular weight excluding hydrogens is 350 g/mol. The number of hydrogen-bond donors (Lipinski definition) is 2. The molecule has 0 aliphatic heterocycles. The first-order chi connectivity index (χ1) is 12.3. The van der Waals surface area contributed by atoms with Crippen molar-refractivity contribution in [3.05, 3.63) is 64.2 Å². The van der Waals surface area contributed by atoms with Gasteiger partial charge in [-0.15, -0.1) is 0 Å². The van der Waals surface area contributed by atoms with Crippen LogP contribution in [0, 0.1) is 13.8 Å². The maximum atomic E-state index is 12.1. The van der Waals surface area contributed by atoms with Crippen LogP contribution in [0.1, 0.15) is 30.0 Å². The number of nitrogens with zero attached hydrogens (tertiary/aromatic N) is 1. The molecule has 2 N–H and O–H groups in total. The number of halogens is 1. The summed E-state index contributed by atoms with van der Waals surface area (Å²) in [4.78, 5) is 24.0. The number of carbonyl (C=O) groups is 2. The standard InChI is InChI=1S/C20H22ClN3O2/c1-13-4-9-18(10-14(13)2)22-19(25)11-15(3)23-24-20(26)12-16-5-7-17(21)8-6-16/h4-10H,11-12H2,1-3H3,(H,22,25)(H,24,26). The predicted octanol–water partition coefficient (Wildman–Crippen LogP) is 4.02. The van der Waals surface area contributed by atoms with Gasteiger partial charge in [0.25, 0.3) is 0 Å². The molecule has 0 aliphatic carbocycles. The number of hydrogen-bond acceptors (Lipinski definition) is 3. The number of nitrogens with one attached hydrogen (secondary N) is 2. The molecule has 0 atom stereocenters. The molecule has 0 saturated heterocycles. The summed E-state index contributed by atoms with van der Waals surface area (Å²) in [5, 5.41) is 7.43. The molecule has 26 heavy (non-hydrogen) atoms. The number of hydrazone groups is 1. The van der Waals surface area contributed by atoms with E-state index in [4.69, 9.17) is 11.6 Å². The van der Waals surface area contributed by atoms with Crippen LogP contribution in [0.4, 0.5) is 5.69 Å². The van der Waals surface area contributed by atoms with Crippen LogP contribution < -0.4 is 10.7 Å². The molecule has 2 rings (SSSR count). The molecule has 0 bridgehead atoms. The maximum absolute atomic E-state index is 12.1. The Morgan fingerprint density at radius 2 is 1.69 bits per heavy atom. The summed E-state index contributed by atoms with van der Waals surface area (Å²) in [6, 6.07) is 12.8. The van der Waals surface area contributed by atoms with Gasteiger partial charge in [-0.1, -0.05) is 29.8 Å². The quantitative estimate of drug-likeness (QED) is 0.594. The zero-order valence-electron chi connectivity index (χ0n) is 15.1. The smallest absolute Gasteiger partial charge is 0.244 e. The Kier molecular flexibility index (Phi) is 6.92. The van der Waals surface area contributed by atoms with Crippen molar-refractivity contribution in [2.45, 2.75) is 33.6 Å². The highest BCUT2D eigenvalue weighted by Crippen LogP contribution is 2.14. The zero-order valence-corrected chi connectivity index (χ0v) is 15.9. The lowest BCUT2D eigenvalue weighted by Gasteiger charge is -2.08. The van der Waals surface area contributed by atoms with E-state index in [9.17, 15) is 9.59 Å². The average molecular weight is 372 g/mol. The Labute approximate surface area is 158 Å². The van der Waals surface area contributed by atoms with Crippen molar-refractivity contribution in [2.75, 3.05) is 5.32 Å². The summed E-state index contributed by atoms with van der Waals surface area (Å²) in [7, 11) is 0. The molecule has 0 saturated carbocycles. The highest BCUT2D eigenvalue weighted by Gasteiger charge is 2.07. The van der Waals surface area contributed by atoms with Gasteiger partial charge in [0, 0.05) is 16.4 Å². The van der Waals surface area contributed by atoms with Crippen LogP contribution >= 0.6 is 11.6 Å². The van der Waals surface area contributed by atoms with Gasteiger partial charge in [0.1, 0.15) is 0 Å².